The van der Waals surface area contributed by atoms with Crippen molar-refractivity contribution in [1.29, 1.82) is 0 Å². The van der Waals surface area contributed by atoms with Crippen LogP contribution < -0.4 is 10.6 Å². The molecule has 0 aliphatic carbocycles. The third-order valence-corrected chi connectivity index (χ3v) is 8.10. The van der Waals surface area contributed by atoms with Gasteiger partial charge in [-0.3, -0.25) is 9.78 Å². The Morgan fingerprint density at radius 1 is 0.889 bits per heavy atom. The molecule has 0 spiro atoms. The van der Waals surface area contributed by atoms with Crippen molar-refractivity contribution < 1.29 is 9.18 Å². The highest BCUT2D eigenvalue weighted by Gasteiger charge is 2.30. The van der Waals surface area contributed by atoms with Crippen molar-refractivity contribution in [1.82, 2.24) is 9.55 Å². The van der Waals surface area contributed by atoms with Gasteiger partial charge in [-0.15, -0.1) is 0 Å². The van der Waals surface area contributed by atoms with Crippen molar-refractivity contribution in [3.05, 3.63) is 137 Å². The molecule has 0 aliphatic rings. The molecular formula is C38H34ClFN4O. The van der Waals surface area contributed by atoms with Crippen molar-refractivity contribution in [2.24, 2.45) is 0 Å². The standard InChI is InChI=1S/C38H34ClFN4O/c1-25(2)36-35(38(45)43-30-12-7-4-8-13-30)34(26-10-5-3-6-11-26)37(27-14-17-29(40)18-15-27)44(36)23-9-21-41-32-20-22-42-33-24-28(39)16-19-31(32)33/h3-8,10-20,22,24-25H,9,21,23H2,1-2H3,(H,41,42)(H,43,45). The number of halogens is 2. The molecule has 45 heavy (non-hydrogen) atoms. The van der Waals surface area contributed by atoms with Gasteiger partial charge >= 0.3 is 0 Å². The Morgan fingerprint density at radius 3 is 2.31 bits per heavy atom. The molecule has 0 radical (unpaired) electrons. The van der Waals surface area contributed by atoms with Crippen LogP contribution in [0.25, 0.3) is 33.3 Å². The molecule has 0 saturated carbocycles. The Labute approximate surface area is 267 Å². The first-order chi connectivity index (χ1) is 21.9. The summed E-state index contributed by atoms with van der Waals surface area (Å²) in [6.07, 6.45) is 2.55. The third kappa shape index (κ3) is 6.47. The maximum absolute atomic E-state index is 14.2. The van der Waals surface area contributed by atoms with E-state index in [1.165, 1.54) is 12.1 Å². The lowest BCUT2D eigenvalue weighted by Crippen LogP contribution is -2.17. The number of amides is 1. The summed E-state index contributed by atoms with van der Waals surface area (Å²) >= 11 is 6.19. The zero-order valence-electron chi connectivity index (χ0n) is 25.2. The zero-order valence-corrected chi connectivity index (χ0v) is 26.0. The molecule has 2 N–H and O–H groups in total. The molecule has 7 heteroatoms. The number of nitrogens with one attached hydrogen (secondary N) is 2. The number of carbonyl (C=O) groups is 1. The SMILES string of the molecule is CC(C)c1c(C(=O)Nc2ccccc2)c(-c2ccccc2)c(-c2ccc(F)cc2)n1CCCNc1ccnc2cc(Cl)ccc12. The minimum Gasteiger partial charge on any atom is -0.384 e. The second kappa shape index (κ2) is 13.4. The molecular weight excluding hydrogens is 583 g/mol. The summed E-state index contributed by atoms with van der Waals surface area (Å²) in [5.41, 5.74) is 7.62. The van der Waals surface area contributed by atoms with Gasteiger partial charge in [0.1, 0.15) is 5.82 Å². The van der Waals surface area contributed by atoms with Crippen molar-refractivity contribution in [3.63, 3.8) is 0 Å². The van der Waals surface area contributed by atoms with Gasteiger partial charge in [0.15, 0.2) is 0 Å². The first kappa shape index (κ1) is 30.1. The average Bonchev–Trinajstić information content (AvgIpc) is 3.40. The van der Waals surface area contributed by atoms with Crippen LogP contribution in [-0.4, -0.2) is 22.0 Å². The van der Waals surface area contributed by atoms with Crippen LogP contribution in [0.15, 0.2) is 115 Å². The summed E-state index contributed by atoms with van der Waals surface area (Å²) in [7, 11) is 0. The van der Waals surface area contributed by atoms with Gasteiger partial charge in [-0.2, -0.15) is 0 Å². The number of hydrogen-bond donors (Lipinski definition) is 2. The Kier molecular flexibility index (Phi) is 8.94. The lowest BCUT2D eigenvalue weighted by atomic mass is 9.94. The highest BCUT2D eigenvalue weighted by atomic mass is 35.5. The Balaban J connectivity index is 1.44. The first-order valence-electron chi connectivity index (χ1n) is 15.1. The van der Waals surface area contributed by atoms with Gasteiger partial charge in [0.05, 0.1) is 16.8 Å². The summed E-state index contributed by atoms with van der Waals surface area (Å²) in [6.45, 7) is 5.55. The summed E-state index contributed by atoms with van der Waals surface area (Å²) in [6, 6.07) is 33.7. The van der Waals surface area contributed by atoms with Crippen LogP contribution >= 0.6 is 11.6 Å². The molecule has 2 heterocycles. The van der Waals surface area contributed by atoms with E-state index in [1.54, 1.807) is 18.3 Å². The van der Waals surface area contributed by atoms with Gasteiger partial charge in [-0.25, -0.2) is 4.39 Å². The van der Waals surface area contributed by atoms with Crippen LogP contribution in [0.2, 0.25) is 5.02 Å². The van der Waals surface area contributed by atoms with Gasteiger partial charge < -0.3 is 15.2 Å². The fourth-order valence-corrected chi connectivity index (χ4v) is 6.11. The largest absolute Gasteiger partial charge is 0.384 e. The molecule has 1 amide bonds. The van der Waals surface area contributed by atoms with Gasteiger partial charge in [-0.05, 0) is 84.1 Å². The van der Waals surface area contributed by atoms with Crippen molar-refractivity contribution in [2.45, 2.75) is 32.7 Å². The molecule has 5 nitrogen and oxygen atoms in total. The lowest BCUT2D eigenvalue weighted by molar-refractivity contribution is 0.102. The Morgan fingerprint density at radius 2 is 1.60 bits per heavy atom. The number of carbonyl (C=O) groups excluding carboxylic acids is 1. The van der Waals surface area contributed by atoms with Crippen LogP contribution in [-0.2, 0) is 6.54 Å². The molecule has 2 aromatic heterocycles. The maximum atomic E-state index is 14.2. The van der Waals surface area contributed by atoms with E-state index >= 15 is 0 Å². The van der Waals surface area contributed by atoms with Crippen molar-refractivity contribution in [2.75, 3.05) is 17.2 Å². The number of benzene rings is 4. The normalized spacial score (nSPS) is 11.2. The van der Waals surface area contributed by atoms with E-state index in [9.17, 15) is 9.18 Å². The molecule has 0 aliphatic heterocycles. The van der Waals surface area contributed by atoms with Gasteiger partial charge in [-0.1, -0.05) is 74.0 Å². The lowest BCUT2D eigenvalue weighted by Gasteiger charge is -2.18. The summed E-state index contributed by atoms with van der Waals surface area (Å²) < 4.78 is 16.4. The van der Waals surface area contributed by atoms with E-state index < -0.39 is 0 Å². The van der Waals surface area contributed by atoms with Crippen molar-refractivity contribution in [3.8, 4) is 22.4 Å². The van der Waals surface area contributed by atoms with Crippen LogP contribution in [0.4, 0.5) is 15.8 Å². The van der Waals surface area contributed by atoms with E-state index in [1.807, 2.05) is 84.9 Å². The predicted molar refractivity (Wildman–Crippen MR) is 184 cm³/mol. The number of rotatable bonds is 10. The first-order valence-corrected chi connectivity index (χ1v) is 15.5. The summed E-state index contributed by atoms with van der Waals surface area (Å²) in [4.78, 5) is 18.7. The number of pyridine rings is 1. The molecule has 0 atom stereocenters. The van der Waals surface area contributed by atoms with E-state index in [0.717, 1.165) is 56.8 Å². The smallest absolute Gasteiger partial charge is 0.258 e. The number of fused-ring (bicyclic) bond motifs is 1. The minimum atomic E-state index is -0.306. The topological polar surface area (TPSA) is 59.0 Å². The number of aromatic nitrogens is 2. The molecule has 4 aromatic carbocycles. The van der Waals surface area contributed by atoms with E-state index in [4.69, 9.17) is 11.6 Å². The van der Waals surface area contributed by atoms with E-state index in [2.05, 4.69) is 34.0 Å². The zero-order chi connectivity index (χ0) is 31.3. The molecule has 0 fully saturated rings. The molecule has 0 saturated heterocycles. The Bertz CT molecular complexity index is 1940. The summed E-state index contributed by atoms with van der Waals surface area (Å²) in [5, 5.41) is 8.36. The molecule has 0 bridgehead atoms. The van der Waals surface area contributed by atoms with Crippen LogP contribution in [0.1, 0.15) is 42.2 Å². The third-order valence-electron chi connectivity index (χ3n) is 7.87. The minimum absolute atomic E-state index is 0.0278. The van der Waals surface area contributed by atoms with Gasteiger partial charge in [0.25, 0.3) is 5.91 Å². The highest BCUT2D eigenvalue weighted by Crippen LogP contribution is 2.42. The number of para-hydroxylation sites is 1. The van der Waals surface area contributed by atoms with Crippen molar-refractivity contribution >= 4 is 39.8 Å². The number of nitrogens with zero attached hydrogens (tertiary/aromatic N) is 2. The Hall–Kier alpha value is -4.94. The molecule has 6 rings (SSSR count). The van der Waals surface area contributed by atoms with Crippen LogP contribution in [0.5, 0.6) is 0 Å². The van der Waals surface area contributed by atoms with E-state index in [0.29, 0.717) is 23.7 Å². The molecule has 6 aromatic rings. The van der Waals surface area contributed by atoms with Gasteiger partial charge in [0.2, 0.25) is 0 Å². The highest BCUT2D eigenvalue weighted by molar-refractivity contribution is 6.31. The second-order valence-corrected chi connectivity index (χ2v) is 11.7. The fourth-order valence-electron chi connectivity index (χ4n) is 5.94. The van der Waals surface area contributed by atoms with Crippen LogP contribution in [0.3, 0.4) is 0 Å². The predicted octanol–water partition coefficient (Wildman–Crippen LogP) is 10.0. The maximum Gasteiger partial charge on any atom is 0.258 e. The quantitative estimate of drug-likeness (QED) is 0.151. The van der Waals surface area contributed by atoms with Crippen LogP contribution in [0, 0.1) is 5.82 Å². The fraction of sp³-hybridized carbons (Fsp3) is 0.158. The monoisotopic (exact) mass is 616 g/mol. The average molecular weight is 617 g/mol. The second-order valence-electron chi connectivity index (χ2n) is 11.3. The van der Waals surface area contributed by atoms with E-state index in [-0.39, 0.29) is 17.6 Å². The number of anilines is 2. The van der Waals surface area contributed by atoms with Gasteiger partial charge in [0, 0.05) is 52.3 Å². The molecule has 0 unspecified atom stereocenters. The molecule has 226 valence electrons. The summed E-state index contributed by atoms with van der Waals surface area (Å²) in [5.74, 6) is -0.453. The number of hydrogen-bond acceptors (Lipinski definition) is 3.